The lowest BCUT2D eigenvalue weighted by atomic mass is 9.55. The van der Waals surface area contributed by atoms with Crippen LogP contribution in [0.25, 0.3) is 0 Å². The third-order valence-electron chi connectivity index (χ3n) is 7.01. The highest BCUT2D eigenvalue weighted by atomic mass is 16.3. The molecule has 0 heterocycles. The van der Waals surface area contributed by atoms with Crippen LogP contribution in [0.15, 0.2) is 29.8 Å². The predicted octanol–water partition coefficient (Wildman–Crippen LogP) is 5.58. The van der Waals surface area contributed by atoms with Crippen molar-refractivity contribution in [2.24, 2.45) is 17.3 Å². The third-order valence-corrected chi connectivity index (χ3v) is 7.01. The molecule has 4 rings (SSSR count). The molecule has 1 nitrogen and oxygen atoms in total. The van der Waals surface area contributed by atoms with Gasteiger partial charge in [-0.15, -0.1) is 0 Å². The van der Waals surface area contributed by atoms with E-state index in [4.69, 9.17) is 0 Å². The van der Waals surface area contributed by atoms with E-state index >= 15 is 0 Å². The van der Waals surface area contributed by atoms with Crippen molar-refractivity contribution in [1.29, 1.82) is 0 Å². The van der Waals surface area contributed by atoms with Gasteiger partial charge in [-0.1, -0.05) is 31.6 Å². The van der Waals surface area contributed by atoms with Crippen molar-refractivity contribution in [3.05, 3.63) is 41.0 Å². The smallest absolute Gasteiger partial charge is 0.115 e. The van der Waals surface area contributed by atoms with Crippen LogP contribution in [-0.2, 0) is 6.42 Å². The molecular formula is C21H28O. The Balaban J connectivity index is 1.69. The topological polar surface area (TPSA) is 20.2 Å². The first-order valence-electron chi connectivity index (χ1n) is 9.15. The van der Waals surface area contributed by atoms with Gasteiger partial charge in [-0.3, -0.25) is 0 Å². The minimum Gasteiger partial charge on any atom is -0.508 e. The van der Waals surface area contributed by atoms with Gasteiger partial charge in [0.05, 0.1) is 0 Å². The molecule has 0 bridgehead atoms. The molecule has 0 radical (unpaired) electrons. The number of benzene rings is 1. The average Bonchev–Trinajstić information content (AvgIpc) is 2.84. The molecule has 3 aliphatic carbocycles. The number of rotatable bonds is 1. The van der Waals surface area contributed by atoms with E-state index in [9.17, 15) is 5.11 Å². The van der Waals surface area contributed by atoms with Gasteiger partial charge in [-0.05, 0) is 91.4 Å². The molecule has 1 aromatic rings. The van der Waals surface area contributed by atoms with Crippen LogP contribution in [0.5, 0.6) is 5.75 Å². The van der Waals surface area contributed by atoms with Crippen LogP contribution in [0.4, 0.5) is 0 Å². The molecule has 0 amide bonds. The number of hydrogen-bond donors (Lipinski definition) is 1. The van der Waals surface area contributed by atoms with E-state index in [0.29, 0.717) is 11.2 Å². The summed E-state index contributed by atoms with van der Waals surface area (Å²) in [5.74, 6) is 2.92. The van der Waals surface area contributed by atoms with Gasteiger partial charge in [-0.25, -0.2) is 0 Å². The van der Waals surface area contributed by atoms with E-state index in [1.807, 2.05) is 12.1 Å². The lowest BCUT2D eigenvalue weighted by Gasteiger charge is -2.49. The molecule has 0 spiro atoms. The fourth-order valence-electron chi connectivity index (χ4n) is 6.00. The summed E-state index contributed by atoms with van der Waals surface area (Å²) >= 11 is 0. The van der Waals surface area contributed by atoms with Gasteiger partial charge in [0.1, 0.15) is 5.75 Å². The van der Waals surface area contributed by atoms with Gasteiger partial charge >= 0.3 is 0 Å². The SMILES string of the molecule is CCC=C1CC[C@H]2[C@@H]3CCc4cc(O)ccc4[C@H]3CC[C@]12C. The van der Waals surface area contributed by atoms with E-state index in [1.165, 1.54) is 44.1 Å². The predicted molar refractivity (Wildman–Crippen MR) is 91.1 cm³/mol. The number of phenolic OH excluding ortho intramolecular Hbond substituents is 1. The summed E-state index contributed by atoms with van der Waals surface area (Å²) in [5, 5.41) is 9.76. The molecule has 0 aromatic heterocycles. The number of aryl methyl sites for hydroxylation is 1. The number of fused-ring (bicyclic) bond motifs is 5. The maximum absolute atomic E-state index is 9.76. The second-order valence-corrected chi connectivity index (χ2v) is 7.93. The van der Waals surface area contributed by atoms with Crippen LogP contribution < -0.4 is 0 Å². The van der Waals surface area contributed by atoms with Crippen LogP contribution in [0.1, 0.15) is 69.4 Å². The third kappa shape index (κ3) is 1.97. The van der Waals surface area contributed by atoms with E-state index in [2.05, 4.69) is 26.0 Å². The van der Waals surface area contributed by atoms with Crippen molar-refractivity contribution in [3.8, 4) is 5.75 Å². The minimum absolute atomic E-state index is 0.437. The fraction of sp³-hybridized carbons (Fsp3) is 0.619. The molecule has 1 heteroatoms. The lowest BCUT2D eigenvalue weighted by molar-refractivity contribution is 0.0812. The molecule has 22 heavy (non-hydrogen) atoms. The average molecular weight is 296 g/mol. The molecule has 0 saturated heterocycles. The van der Waals surface area contributed by atoms with Crippen molar-refractivity contribution in [2.75, 3.05) is 0 Å². The molecule has 3 aliphatic rings. The zero-order chi connectivity index (χ0) is 15.3. The first-order chi connectivity index (χ1) is 10.6. The summed E-state index contributed by atoms with van der Waals surface area (Å²) in [6, 6.07) is 6.12. The molecule has 4 atom stereocenters. The second-order valence-electron chi connectivity index (χ2n) is 7.93. The van der Waals surface area contributed by atoms with E-state index < -0.39 is 0 Å². The summed E-state index contributed by atoms with van der Waals surface area (Å²) in [7, 11) is 0. The highest BCUT2D eigenvalue weighted by molar-refractivity contribution is 5.40. The quantitative estimate of drug-likeness (QED) is 0.670. The normalized spacial score (nSPS) is 38.5. The van der Waals surface area contributed by atoms with Crippen molar-refractivity contribution < 1.29 is 5.11 Å². The second kappa shape index (κ2) is 5.15. The number of hydrogen-bond acceptors (Lipinski definition) is 1. The number of phenols is 1. The monoisotopic (exact) mass is 296 g/mol. The minimum atomic E-state index is 0.437. The summed E-state index contributed by atoms with van der Waals surface area (Å²) < 4.78 is 0. The zero-order valence-corrected chi connectivity index (χ0v) is 13.9. The first-order valence-corrected chi connectivity index (χ1v) is 9.15. The Kier molecular flexibility index (Phi) is 3.36. The Morgan fingerprint density at radius 2 is 2.09 bits per heavy atom. The summed E-state index contributed by atoms with van der Waals surface area (Å²) in [6.45, 7) is 4.83. The maximum atomic E-state index is 9.76. The van der Waals surface area contributed by atoms with Crippen molar-refractivity contribution >= 4 is 0 Å². The highest BCUT2D eigenvalue weighted by Gasteiger charge is 2.52. The molecule has 118 valence electrons. The first kappa shape index (κ1) is 14.4. The molecule has 0 aliphatic heterocycles. The van der Waals surface area contributed by atoms with Gasteiger partial charge in [-0.2, -0.15) is 0 Å². The van der Waals surface area contributed by atoms with Gasteiger partial charge in [0.15, 0.2) is 0 Å². The molecule has 2 saturated carbocycles. The Morgan fingerprint density at radius 1 is 1.23 bits per heavy atom. The molecule has 2 fully saturated rings. The number of allylic oxidation sites excluding steroid dienone is 2. The Labute approximate surface area is 134 Å². The van der Waals surface area contributed by atoms with Crippen LogP contribution in [0.2, 0.25) is 0 Å². The van der Waals surface area contributed by atoms with Gasteiger partial charge < -0.3 is 5.11 Å². The molecular weight excluding hydrogens is 268 g/mol. The largest absolute Gasteiger partial charge is 0.508 e. The molecule has 1 N–H and O–H groups in total. The summed E-state index contributed by atoms with van der Waals surface area (Å²) in [6.07, 6.45) is 11.6. The number of aromatic hydroxyl groups is 1. The standard InChI is InChI=1S/C21H28O/c1-3-4-15-6-10-20-19-8-5-14-13-16(22)7-9-17(14)18(19)11-12-21(15,20)2/h4,7,9,13,18-20,22H,3,5-6,8,10-12H2,1-2H3/t18-,19-,20+,21-/m1/s1. The van der Waals surface area contributed by atoms with Gasteiger partial charge in [0.2, 0.25) is 0 Å². The lowest BCUT2D eigenvalue weighted by Crippen LogP contribution is -2.40. The van der Waals surface area contributed by atoms with Gasteiger partial charge in [0.25, 0.3) is 0 Å². The maximum Gasteiger partial charge on any atom is 0.115 e. The van der Waals surface area contributed by atoms with Crippen LogP contribution in [0, 0.1) is 17.3 Å². The van der Waals surface area contributed by atoms with Crippen molar-refractivity contribution in [1.82, 2.24) is 0 Å². The van der Waals surface area contributed by atoms with Crippen molar-refractivity contribution in [3.63, 3.8) is 0 Å². The Morgan fingerprint density at radius 3 is 2.91 bits per heavy atom. The van der Waals surface area contributed by atoms with E-state index in [-0.39, 0.29) is 0 Å². The Hall–Kier alpha value is -1.24. The van der Waals surface area contributed by atoms with E-state index in [1.54, 1.807) is 11.1 Å². The fourth-order valence-corrected chi connectivity index (χ4v) is 6.00. The highest BCUT2D eigenvalue weighted by Crippen LogP contribution is 2.62. The summed E-state index contributed by atoms with van der Waals surface area (Å²) in [4.78, 5) is 0. The van der Waals surface area contributed by atoms with Crippen LogP contribution in [0.3, 0.4) is 0 Å². The van der Waals surface area contributed by atoms with Gasteiger partial charge in [0, 0.05) is 0 Å². The zero-order valence-electron chi connectivity index (χ0n) is 13.9. The van der Waals surface area contributed by atoms with Crippen LogP contribution in [-0.4, -0.2) is 5.11 Å². The molecule has 0 unspecified atom stereocenters. The van der Waals surface area contributed by atoms with Crippen LogP contribution >= 0.6 is 0 Å². The van der Waals surface area contributed by atoms with Crippen molar-refractivity contribution in [2.45, 2.75) is 64.7 Å². The summed E-state index contributed by atoms with van der Waals surface area (Å²) in [5.41, 5.74) is 5.19. The Bertz CT molecular complexity index is 614. The van der Waals surface area contributed by atoms with E-state index in [0.717, 1.165) is 24.2 Å². The molecule has 1 aromatic carbocycles.